The fourth-order valence-corrected chi connectivity index (χ4v) is 3.84. The van der Waals surface area contributed by atoms with Gasteiger partial charge < -0.3 is 9.47 Å². The van der Waals surface area contributed by atoms with Gasteiger partial charge in [0.05, 0.1) is 23.8 Å². The fourth-order valence-electron chi connectivity index (χ4n) is 2.77. The largest absolute Gasteiger partial charge is 0.490 e. The zero-order valence-electron chi connectivity index (χ0n) is 16.9. The van der Waals surface area contributed by atoms with Crippen molar-refractivity contribution in [3.8, 4) is 11.5 Å². The molecule has 3 rings (SSSR count). The Hall–Kier alpha value is -3.32. The molecule has 0 fully saturated rings. The van der Waals surface area contributed by atoms with Crippen molar-refractivity contribution in [2.24, 2.45) is 0 Å². The SMILES string of the molecule is CCOc1ccc(S(=O)(=O)Nc2cccc(/C=C/c3ccccn3)c2)cc1OCC. The number of hydrogen-bond donors (Lipinski definition) is 1. The molecule has 3 aromatic rings. The number of rotatable bonds is 9. The van der Waals surface area contributed by atoms with Crippen LogP contribution in [-0.4, -0.2) is 26.6 Å². The molecule has 1 aromatic heterocycles. The van der Waals surface area contributed by atoms with E-state index in [2.05, 4.69) is 9.71 Å². The summed E-state index contributed by atoms with van der Waals surface area (Å²) >= 11 is 0. The Morgan fingerprint density at radius 1 is 0.900 bits per heavy atom. The molecule has 1 heterocycles. The van der Waals surface area contributed by atoms with Gasteiger partial charge in [0.1, 0.15) is 0 Å². The Morgan fingerprint density at radius 2 is 1.70 bits per heavy atom. The Bertz CT molecular complexity index is 1110. The van der Waals surface area contributed by atoms with Gasteiger partial charge in [-0.05, 0) is 61.9 Å². The molecule has 0 saturated heterocycles. The molecule has 6 nitrogen and oxygen atoms in total. The third-order valence-electron chi connectivity index (χ3n) is 4.10. The van der Waals surface area contributed by atoms with Crippen molar-refractivity contribution in [1.82, 2.24) is 4.98 Å². The number of aromatic nitrogens is 1. The summed E-state index contributed by atoms with van der Waals surface area (Å²) in [4.78, 5) is 4.34. The van der Waals surface area contributed by atoms with E-state index in [9.17, 15) is 8.42 Å². The fraction of sp³-hybridized carbons (Fsp3) is 0.174. The van der Waals surface area contributed by atoms with E-state index in [0.29, 0.717) is 30.4 Å². The summed E-state index contributed by atoms with van der Waals surface area (Å²) in [6, 6.07) is 17.4. The normalized spacial score (nSPS) is 11.4. The van der Waals surface area contributed by atoms with Crippen molar-refractivity contribution in [2.75, 3.05) is 17.9 Å². The minimum Gasteiger partial charge on any atom is -0.490 e. The Kier molecular flexibility index (Phi) is 7.08. The summed E-state index contributed by atoms with van der Waals surface area (Å²) in [5.41, 5.74) is 2.13. The number of nitrogens with zero attached hydrogens (tertiary/aromatic N) is 1. The monoisotopic (exact) mass is 424 g/mol. The number of pyridine rings is 1. The van der Waals surface area contributed by atoms with Gasteiger partial charge in [0.25, 0.3) is 10.0 Å². The number of ether oxygens (including phenoxy) is 2. The van der Waals surface area contributed by atoms with E-state index in [1.165, 1.54) is 12.1 Å². The smallest absolute Gasteiger partial charge is 0.262 e. The van der Waals surface area contributed by atoms with Gasteiger partial charge in [0.15, 0.2) is 11.5 Å². The van der Waals surface area contributed by atoms with Gasteiger partial charge in [0.2, 0.25) is 0 Å². The van der Waals surface area contributed by atoms with Gasteiger partial charge >= 0.3 is 0 Å². The minimum absolute atomic E-state index is 0.101. The predicted octanol–water partition coefficient (Wildman–Crippen LogP) is 4.85. The second-order valence-corrected chi connectivity index (χ2v) is 7.98. The van der Waals surface area contributed by atoms with E-state index in [1.54, 1.807) is 30.5 Å². The third-order valence-corrected chi connectivity index (χ3v) is 5.48. The lowest BCUT2D eigenvalue weighted by molar-refractivity contribution is 0.287. The van der Waals surface area contributed by atoms with Crippen LogP contribution in [0.3, 0.4) is 0 Å². The average molecular weight is 425 g/mol. The maximum absolute atomic E-state index is 12.9. The van der Waals surface area contributed by atoms with E-state index < -0.39 is 10.0 Å². The molecular formula is C23H24N2O4S. The van der Waals surface area contributed by atoms with Gasteiger partial charge in [-0.2, -0.15) is 0 Å². The van der Waals surface area contributed by atoms with Crippen molar-refractivity contribution in [3.05, 3.63) is 78.1 Å². The average Bonchev–Trinajstić information content (AvgIpc) is 2.74. The molecule has 0 spiro atoms. The third kappa shape index (κ3) is 5.61. The minimum atomic E-state index is -3.79. The molecular weight excluding hydrogens is 400 g/mol. The molecule has 0 aliphatic carbocycles. The molecule has 2 aromatic carbocycles. The van der Waals surface area contributed by atoms with Gasteiger partial charge in [-0.25, -0.2) is 8.42 Å². The summed E-state index contributed by atoms with van der Waals surface area (Å²) in [5.74, 6) is 0.911. The molecule has 0 amide bonds. The van der Waals surface area contributed by atoms with E-state index in [1.807, 2.05) is 50.3 Å². The highest BCUT2D eigenvalue weighted by atomic mass is 32.2. The number of anilines is 1. The molecule has 0 aliphatic rings. The highest BCUT2D eigenvalue weighted by Gasteiger charge is 2.17. The molecule has 30 heavy (non-hydrogen) atoms. The number of benzene rings is 2. The molecule has 1 N–H and O–H groups in total. The molecule has 7 heteroatoms. The highest BCUT2D eigenvalue weighted by Crippen LogP contribution is 2.31. The highest BCUT2D eigenvalue weighted by molar-refractivity contribution is 7.92. The molecule has 0 bridgehead atoms. The summed E-state index contributed by atoms with van der Waals surface area (Å²) < 4.78 is 39.4. The maximum atomic E-state index is 12.9. The molecule has 0 saturated carbocycles. The summed E-state index contributed by atoms with van der Waals surface area (Å²) in [5, 5.41) is 0. The van der Waals surface area contributed by atoms with Crippen molar-refractivity contribution in [2.45, 2.75) is 18.7 Å². The molecule has 0 atom stereocenters. The predicted molar refractivity (Wildman–Crippen MR) is 119 cm³/mol. The van der Waals surface area contributed by atoms with Crippen molar-refractivity contribution in [3.63, 3.8) is 0 Å². The van der Waals surface area contributed by atoms with Crippen molar-refractivity contribution in [1.29, 1.82) is 0 Å². The van der Waals surface area contributed by atoms with Crippen LogP contribution in [0.4, 0.5) is 5.69 Å². The molecule has 0 unspecified atom stereocenters. The van der Waals surface area contributed by atoms with Crippen LogP contribution in [0, 0.1) is 0 Å². The van der Waals surface area contributed by atoms with Gasteiger partial charge in [-0.3, -0.25) is 9.71 Å². The Labute approximate surface area is 177 Å². The van der Waals surface area contributed by atoms with Crippen LogP contribution in [0.2, 0.25) is 0 Å². The first-order valence-corrected chi connectivity index (χ1v) is 11.1. The van der Waals surface area contributed by atoms with Crippen LogP contribution < -0.4 is 14.2 Å². The van der Waals surface area contributed by atoms with E-state index >= 15 is 0 Å². The summed E-state index contributed by atoms with van der Waals surface area (Å²) in [6.07, 6.45) is 5.47. The quantitative estimate of drug-likeness (QED) is 0.531. The van der Waals surface area contributed by atoms with Gasteiger partial charge in [-0.1, -0.05) is 24.3 Å². The van der Waals surface area contributed by atoms with E-state index in [4.69, 9.17) is 9.47 Å². The standard InChI is InChI=1S/C23H24N2O4S/c1-3-28-22-14-13-21(17-23(22)29-4-2)30(26,27)25-20-10-7-8-18(16-20)11-12-19-9-5-6-15-24-19/h5-17,25H,3-4H2,1-2H3/b12-11+. The van der Waals surface area contributed by atoms with Crippen molar-refractivity contribution >= 4 is 27.9 Å². The number of nitrogens with one attached hydrogen (secondary N) is 1. The van der Waals surface area contributed by atoms with Gasteiger partial charge in [-0.15, -0.1) is 0 Å². The first-order chi connectivity index (χ1) is 14.5. The van der Waals surface area contributed by atoms with Crippen LogP contribution >= 0.6 is 0 Å². The zero-order valence-corrected chi connectivity index (χ0v) is 17.7. The first-order valence-electron chi connectivity index (χ1n) is 9.63. The van der Waals surface area contributed by atoms with Crippen molar-refractivity contribution < 1.29 is 17.9 Å². The van der Waals surface area contributed by atoms with Crippen LogP contribution in [0.5, 0.6) is 11.5 Å². The van der Waals surface area contributed by atoms with Crippen LogP contribution in [0.25, 0.3) is 12.2 Å². The lowest BCUT2D eigenvalue weighted by atomic mass is 10.2. The second-order valence-electron chi connectivity index (χ2n) is 6.29. The van der Waals surface area contributed by atoms with Crippen LogP contribution in [-0.2, 0) is 10.0 Å². The first kappa shape index (κ1) is 21.4. The summed E-state index contributed by atoms with van der Waals surface area (Å²) in [6.45, 7) is 4.56. The lowest BCUT2D eigenvalue weighted by Gasteiger charge is -2.13. The van der Waals surface area contributed by atoms with E-state index in [-0.39, 0.29) is 4.90 Å². The molecule has 156 valence electrons. The van der Waals surface area contributed by atoms with Crippen LogP contribution in [0.15, 0.2) is 71.8 Å². The second kappa shape index (κ2) is 9.93. The molecule has 0 radical (unpaired) electrons. The number of sulfonamides is 1. The zero-order chi connectivity index (χ0) is 21.4. The summed E-state index contributed by atoms with van der Waals surface area (Å²) in [7, 11) is -3.79. The number of hydrogen-bond acceptors (Lipinski definition) is 5. The topological polar surface area (TPSA) is 77.5 Å². The van der Waals surface area contributed by atoms with Crippen LogP contribution in [0.1, 0.15) is 25.1 Å². The molecule has 0 aliphatic heterocycles. The Morgan fingerprint density at radius 3 is 2.43 bits per heavy atom. The van der Waals surface area contributed by atoms with Gasteiger partial charge in [0, 0.05) is 18.0 Å². The Balaban J connectivity index is 1.81. The van der Waals surface area contributed by atoms with E-state index in [0.717, 1.165) is 11.3 Å². The maximum Gasteiger partial charge on any atom is 0.262 e. The lowest BCUT2D eigenvalue weighted by Crippen LogP contribution is -2.13.